The molecule has 0 aromatic heterocycles. The molecule has 3 nitrogen and oxygen atoms in total. The quantitative estimate of drug-likeness (QED) is 0.420. The van der Waals surface area contributed by atoms with E-state index < -0.39 is 0 Å². The molecule has 0 unspecified atom stereocenters. The van der Waals surface area contributed by atoms with E-state index in [2.05, 4.69) is 0 Å². The normalized spacial score (nSPS) is 10.5. The Labute approximate surface area is 75.6 Å². The first kappa shape index (κ1) is 7.73. The van der Waals surface area contributed by atoms with Crippen LogP contribution in [0, 0.1) is 0 Å². The van der Waals surface area contributed by atoms with Crippen molar-refractivity contribution in [2.75, 3.05) is 11.5 Å². The summed E-state index contributed by atoms with van der Waals surface area (Å²) in [5.74, 6) is 0.0955. The molecule has 2 aromatic rings. The minimum absolute atomic E-state index is 0.0955. The van der Waals surface area contributed by atoms with Crippen LogP contribution < -0.4 is 11.5 Å². The fourth-order valence-corrected chi connectivity index (χ4v) is 1.35. The summed E-state index contributed by atoms with van der Waals surface area (Å²) in [6.07, 6.45) is 0. The fraction of sp³-hybridized carbons (Fsp3) is 0. The van der Waals surface area contributed by atoms with E-state index in [9.17, 15) is 5.11 Å². The zero-order valence-corrected chi connectivity index (χ0v) is 6.99. The van der Waals surface area contributed by atoms with E-state index in [4.69, 9.17) is 11.5 Å². The second-order valence-corrected chi connectivity index (χ2v) is 2.98. The fourth-order valence-electron chi connectivity index (χ4n) is 1.35. The Kier molecular flexibility index (Phi) is 1.52. The number of nitrogen functional groups attached to an aromatic ring is 2. The van der Waals surface area contributed by atoms with E-state index in [0.717, 1.165) is 10.8 Å². The number of fused-ring (bicyclic) bond motifs is 1. The molecule has 0 radical (unpaired) electrons. The van der Waals surface area contributed by atoms with Crippen LogP contribution >= 0.6 is 0 Å². The molecule has 2 rings (SSSR count). The molecule has 0 atom stereocenters. The lowest BCUT2D eigenvalue weighted by Crippen LogP contribution is -1.89. The van der Waals surface area contributed by atoms with Gasteiger partial charge in [0.2, 0.25) is 0 Å². The minimum atomic E-state index is 0.0955. The van der Waals surface area contributed by atoms with Crippen LogP contribution in [0.5, 0.6) is 5.75 Å². The van der Waals surface area contributed by atoms with Crippen molar-refractivity contribution in [1.82, 2.24) is 0 Å². The summed E-state index contributed by atoms with van der Waals surface area (Å²) in [6.45, 7) is 0. The zero-order chi connectivity index (χ0) is 9.42. The average Bonchev–Trinajstić information content (AvgIpc) is 2.09. The van der Waals surface area contributed by atoms with Gasteiger partial charge in [-0.15, -0.1) is 0 Å². The number of hydrogen-bond acceptors (Lipinski definition) is 3. The number of rotatable bonds is 0. The third-order valence-corrected chi connectivity index (χ3v) is 2.06. The molecular formula is C10H10N2O. The average molecular weight is 174 g/mol. The van der Waals surface area contributed by atoms with Crippen LogP contribution in [0.1, 0.15) is 0 Å². The van der Waals surface area contributed by atoms with E-state index in [0.29, 0.717) is 11.4 Å². The highest BCUT2D eigenvalue weighted by Crippen LogP contribution is 2.29. The molecule has 0 heterocycles. The van der Waals surface area contributed by atoms with Crippen LogP contribution in [0.3, 0.4) is 0 Å². The van der Waals surface area contributed by atoms with Gasteiger partial charge in [-0.25, -0.2) is 0 Å². The number of nitrogens with two attached hydrogens (primary N) is 2. The molecule has 2 aromatic carbocycles. The molecule has 0 fully saturated rings. The van der Waals surface area contributed by atoms with Gasteiger partial charge in [0.25, 0.3) is 0 Å². The Hall–Kier alpha value is -1.90. The minimum Gasteiger partial charge on any atom is -0.506 e. The first-order valence-electron chi connectivity index (χ1n) is 3.95. The molecule has 5 N–H and O–H groups in total. The summed E-state index contributed by atoms with van der Waals surface area (Å²) < 4.78 is 0. The van der Waals surface area contributed by atoms with Gasteiger partial charge in [0, 0.05) is 11.1 Å². The molecular weight excluding hydrogens is 164 g/mol. The molecule has 0 aliphatic heterocycles. The summed E-state index contributed by atoms with van der Waals surface area (Å²) in [5.41, 5.74) is 12.3. The third kappa shape index (κ3) is 1.14. The lowest BCUT2D eigenvalue weighted by molar-refractivity contribution is 0.479. The van der Waals surface area contributed by atoms with Crippen LogP contribution in [-0.2, 0) is 0 Å². The van der Waals surface area contributed by atoms with Crippen molar-refractivity contribution >= 4 is 22.1 Å². The van der Waals surface area contributed by atoms with E-state index >= 15 is 0 Å². The first-order valence-corrected chi connectivity index (χ1v) is 3.95. The monoisotopic (exact) mass is 174 g/mol. The molecule has 0 spiro atoms. The molecule has 0 aliphatic rings. The standard InChI is InChI=1S/C10H10N2O/c11-8-3-1-2-6-4-10(13)9(12)5-7(6)8/h1-5,13H,11-12H2. The molecule has 66 valence electrons. The number of hydrogen-bond donors (Lipinski definition) is 3. The second kappa shape index (κ2) is 2.55. The molecule has 0 bridgehead atoms. The zero-order valence-electron chi connectivity index (χ0n) is 6.99. The second-order valence-electron chi connectivity index (χ2n) is 2.98. The topological polar surface area (TPSA) is 72.3 Å². The summed E-state index contributed by atoms with van der Waals surface area (Å²) >= 11 is 0. The highest BCUT2D eigenvalue weighted by molar-refractivity contribution is 5.96. The van der Waals surface area contributed by atoms with Crippen molar-refractivity contribution in [2.45, 2.75) is 0 Å². The number of phenolic OH excluding ortho intramolecular Hbond substituents is 1. The van der Waals surface area contributed by atoms with E-state index in [1.165, 1.54) is 0 Å². The van der Waals surface area contributed by atoms with E-state index in [1.54, 1.807) is 18.2 Å². The molecule has 0 saturated carbocycles. The maximum absolute atomic E-state index is 9.34. The van der Waals surface area contributed by atoms with Crippen LogP contribution in [0.2, 0.25) is 0 Å². The molecule has 13 heavy (non-hydrogen) atoms. The Morgan fingerprint density at radius 2 is 1.77 bits per heavy atom. The van der Waals surface area contributed by atoms with Crippen LogP contribution in [-0.4, -0.2) is 5.11 Å². The van der Waals surface area contributed by atoms with Gasteiger partial charge in [0.15, 0.2) is 0 Å². The SMILES string of the molecule is Nc1cc2c(N)cccc2cc1O. The lowest BCUT2D eigenvalue weighted by Gasteiger charge is -2.04. The highest BCUT2D eigenvalue weighted by Gasteiger charge is 2.01. The van der Waals surface area contributed by atoms with Gasteiger partial charge in [-0.2, -0.15) is 0 Å². The smallest absolute Gasteiger partial charge is 0.139 e. The van der Waals surface area contributed by atoms with E-state index in [-0.39, 0.29) is 5.75 Å². The van der Waals surface area contributed by atoms with Crippen molar-refractivity contribution in [3.8, 4) is 5.75 Å². The number of aromatic hydroxyl groups is 1. The van der Waals surface area contributed by atoms with Crippen LogP contribution in [0.15, 0.2) is 30.3 Å². The Morgan fingerprint density at radius 3 is 2.54 bits per heavy atom. The van der Waals surface area contributed by atoms with Crippen LogP contribution in [0.25, 0.3) is 10.8 Å². The molecule has 0 saturated heterocycles. The summed E-state index contributed by atoms with van der Waals surface area (Å²) in [4.78, 5) is 0. The third-order valence-electron chi connectivity index (χ3n) is 2.06. The Bertz CT molecular complexity index is 466. The lowest BCUT2D eigenvalue weighted by atomic mass is 10.1. The van der Waals surface area contributed by atoms with E-state index in [1.807, 2.05) is 12.1 Å². The number of benzene rings is 2. The predicted octanol–water partition coefficient (Wildman–Crippen LogP) is 1.71. The van der Waals surface area contributed by atoms with Gasteiger partial charge in [0.05, 0.1) is 5.69 Å². The Morgan fingerprint density at radius 1 is 1.00 bits per heavy atom. The predicted molar refractivity (Wildman–Crippen MR) is 54.4 cm³/mol. The summed E-state index contributed by atoms with van der Waals surface area (Å²) in [7, 11) is 0. The van der Waals surface area contributed by atoms with Crippen molar-refractivity contribution in [1.29, 1.82) is 0 Å². The number of anilines is 2. The van der Waals surface area contributed by atoms with Gasteiger partial charge in [0.1, 0.15) is 5.75 Å². The van der Waals surface area contributed by atoms with Crippen molar-refractivity contribution in [3.05, 3.63) is 30.3 Å². The van der Waals surface area contributed by atoms with Gasteiger partial charge in [-0.05, 0) is 23.6 Å². The maximum Gasteiger partial charge on any atom is 0.139 e. The molecule has 0 amide bonds. The van der Waals surface area contributed by atoms with Crippen molar-refractivity contribution in [3.63, 3.8) is 0 Å². The van der Waals surface area contributed by atoms with Gasteiger partial charge in [-0.1, -0.05) is 12.1 Å². The van der Waals surface area contributed by atoms with Gasteiger partial charge < -0.3 is 16.6 Å². The van der Waals surface area contributed by atoms with Crippen LogP contribution in [0.4, 0.5) is 11.4 Å². The summed E-state index contributed by atoms with van der Waals surface area (Å²) in [6, 6.07) is 8.82. The van der Waals surface area contributed by atoms with Gasteiger partial charge >= 0.3 is 0 Å². The first-order chi connectivity index (χ1) is 6.18. The summed E-state index contributed by atoms with van der Waals surface area (Å²) in [5, 5.41) is 11.1. The van der Waals surface area contributed by atoms with Gasteiger partial charge in [-0.3, -0.25) is 0 Å². The van der Waals surface area contributed by atoms with Crippen molar-refractivity contribution in [2.24, 2.45) is 0 Å². The highest BCUT2D eigenvalue weighted by atomic mass is 16.3. The molecule has 0 aliphatic carbocycles. The molecule has 3 heteroatoms. The van der Waals surface area contributed by atoms with Crippen molar-refractivity contribution < 1.29 is 5.11 Å². The largest absolute Gasteiger partial charge is 0.506 e. The Balaban J connectivity index is 2.89. The number of phenols is 1. The maximum atomic E-state index is 9.34.